The average Bonchev–Trinajstić information content (AvgIpc) is 2.70. The molecule has 2 aromatic carbocycles. The van der Waals surface area contributed by atoms with Gasteiger partial charge in [-0.05, 0) is 44.2 Å². The number of fused-ring (bicyclic) bond motifs is 1. The maximum atomic E-state index is 12.7. The molecule has 2 atom stereocenters. The second kappa shape index (κ2) is 8.21. The lowest BCUT2D eigenvalue weighted by Crippen LogP contribution is -2.49. The van der Waals surface area contributed by atoms with Crippen LogP contribution in [0.25, 0.3) is 0 Å². The van der Waals surface area contributed by atoms with Crippen LogP contribution in [0.4, 0.5) is 5.69 Å². The third-order valence-corrected chi connectivity index (χ3v) is 4.66. The van der Waals surface area contributed by atoms with Crippen molar-refractivity contribution >= 4 is 17.5 Å². The highest BCUT2D eigenvalue weighted by Gasteiger charge is 2.32. The number of anilines is 1. The van der Waals surface area contributed by atoms with Crippen LogP contribution >= 0.6 is 0 Å². The first-order valence-electron chi connectivity index (χ1n) is 9.03. The van der Waals surface area contributed by atoms with E-state index in [0.717, 1.165) is 5.56 Å². The number of carbonyl (C=O) groups is 2. The van der Waals surface area contributed by atoms with E-state index in [1.807, 2.05) is 19.1 Å². The molecule has 2 amide bonds. The Morgan fingerprint density at radius 1 is 1.21 bits per heavy atom. The van der Waals surface area contributed by atoms with Crippen molar-refractivity contribution in [1.82, 2.24) is 5.32 Å². The lowest BCUT2D eigenvalue weighted by Gasteiger charge is -2.32. The normalized spacial score (nSPS) is 16.6. The molecule has 0 fully saturated rings. The molecule has 0 bridgehead atoms. The highest BCUT2D eigenvalue weighted by atomic mass is 16.5. The lowest BCUT2D eigenvalue weighted by atomic mass is 10.1. The van der Waals surface area contributed by atoms with Gasteiger partial charge < -0.3 is 19.5 Å². The number of methoxy groups -OCH3 is 2. The zero-order valence-electron chi connectivity index (χ0n) is 16.4. The van der Waals surface area contributed by atoms with Gasteiger partial charge in [-0.1, -0.05) is 12.1 Å². The zero-order chi connectivity index (χ0) is 20.3. The number of hydrogen-bond donors (Lipinski definition) is 1. The topological polar surface area (TPSA) is 77.1 Å². The van der Waals surface area contributed by atoms with Crippen molar-refractivity contribution in [3.8, 4) is 17.2 Å². The lowest BCUT2D eigenvalue weighted by molar-refractivity contribution is -0.128. The summed E-state index contributed by atoms with van der Waals surface area (Å²) in [5.74, 6) is 1.37. The zero-order valence-corrected chi connectivity index (χ0v) is 16.4. The van der Waals surface area contributed by atoms with E-state index in [2.05, 4.69) is 5.32 Å². The number of benzene rings is 2. The fraction of sp³-hybridized carbons (Fsp3) is 0.333. The quantitative estimate of drug-likeness (QED) is 0.829. The number of ether oxygens (including phenoxy) is 3. The van der Waals surface area contributed by atoms with Crippen molar-refractivity contribution in [1.29, 1.82) is 0 Å². The van der Waals surface area contributed by atoms with Crippen LogP contribution in [0.1, 0.15) is 25.5 Å². The van der Waals surface area contributed by atoms with E-state index >= 15 is 0 Å². The molecule has 7 nitrogen and oxygen atoms in total. The molecule has 7 heteroatoms. The summed E-state index contributed by atoms with van der Waals surface area (Å²) in [5.41, 5.74) is 1.38. The molecular formula is C21H24N2O5. The summed E-state index contributed by atoms with van der Waals surface area (Å²) < 4.78 is 16.3. The summed E-state index contributed by atoms with van der Waals surface area (Å²) in [6, 6.07) is 12.3. The Bertz CT molecular complexity index is 883. The van der Waals surface area contributed by atoms with Gasteiger partial charge in [-0.3, -0.25) is 14.5 Å². The number of rotatable bonds is 6. The predicted molar refractivity (Wildman–Crippen MR) is 105 cm³/mol. The molecule has 0 saturated heterocycles. The van der Waals surface area contributed by atoms with Crippen molar-refractivity contribution < 1.29 is 23.8 Å². The van der Waals surface area contributed by atoms with Crippen LogP contribution in [0.3, 0.4) is 0 Å². The Morgan fingerprint density at radius 3 is 2.68 bits per heavy atom. The monoisotopic (exact) mass is 384 g/mol. The fourth-order valence-corrected chi connectivity index (χ4v) is 3.21. The molecule has 0 aromatic heterocycles. The van der Waals surface area contributed by atoms with E-state index < -0.39 is 6.10 Å². The van der Waals surface area contributed by atoms with Crippen molar-refractivity contribution in [3.05, 3.63) is 48.0 Å². The van der Waals surface area contributed by atoms with Crippen LogP contribution in [-0.2, 0) is 9.59 Å². The molecule has 1 aliphatic heterocycles. The van der Waals surface area contributed by atoms with Crippen molar-refractivity contribution in [2.45, 2.75) is 26.0 Å². The van der Waals surface area contributed by atoms with Crippen molar-refractivity contribution in [3.63, 3.8) is 0 Å². The van der Waals surface area contributed by atoms with Gasteiger partial charge in [0, 0.05) is 5.56 Å². The molecule has 0 radical (unpaired) electrons. The molecule has 28 heavy (non-hydrogen) atoms. The number of hydrogen-bond acceptors (Lipinski definition) is 5. The largest absolute Gasteiger partial charge is 0.497 e. The molecule has 1 heterocycles. The maximum absolute atomic E-state index is 12.7. The Labute approximate surface area is 164 Å². The van der Waals surface area contributed by atoms with Gasteiger partial charge in [0.05, 0.1) is 25.9 Å². The predicted octanol–water partition coefficient (Wildman–Crippen LogP) is 2.70. The maximum Gasteiger partial charge on any atom is 0.268 e. The van der Waals surface area contributed by atoms with E-state index in [9.17, 15) is 9.59 Å². The van der Waals surface area contributed by atoms with Crippen LogP contribution in [0, 0.1) is 0 Å². The average molecular weight is 384 g/mol. The summed E-state index contributed by atoms with van der Waals surface area (Å²) in [6.45, 7) is 3.43. The molecule has 0 spiro atoms. The molecule has 1 N–H and O–H groups in total. The Kier molecular flexibility index (Phi) is 5.73. The van der Waals surface area contributed by atoms with Gasteiger partial charge in [-0.15, -0.1) is 0 Å². The van der Waals surface area contributed by atoms with Crippen molar-refractivity contribution in [2.75, 3.05) is 25.7 Å². The number of amides is 2. The number of nitrogens with zero attached hydrogens (tertiary/aromatic N) is 1. The number of para-hydroxylation sites is 2. The summed E-state index contributed by atoms with van der Waals surface area (Å²) in [7, 11) is 3.15. The Hall–Kier alpha value is -3.22. The third-order valence-electron chi connectivity index (χ3n) is 4.66. The first-order valence-corrected chi connectivity index (χ1v) is 9.03. The van der Waals surface area contributed by atoms with E-state index in [0.29, 0.717) is 22.9 Å². The smallest absolute Gasteiger partial charge is 0.268 e. The Morgan fingerprint density at radius 2 is 1.96 bits per heavy atom. The summed E-state index contributed by atoms with van der Waals surface area (Å²) in [5, 5.41) is 2.93. The van der Waals surface area contributed by atoms with Gasteiger partial charge >= 0.3 is 0 Å². The van der Waals surface area contributed by atoms with E-state index in [1.54, 1.807) is 51.5 Å². The first kappa shape index (κ1) is 19.5. The second-order valence-electron chi connectivity index (χ2n) is 6.55. The SMILES string of the molecule is COc1ccc(OC)c(C(C)NC(=O)CN2C(=O)C(C)Oc3ccccc32)c1. The standard InChI is InChI=1S/C21H24N2O5/c1-13(16-11-15(26-3)9-10-18(16)27-4)22-20(24)12-23-17-7-5-6-8-19(17)28-14(2)21(23)25/h5-11,13-14H,12H2,1-4H3,(H,22,24). The third kappa shape index (κ3) is 3.88. The van der Waals surface area contributed by atoms with Gasteiger partial charge in [0.15, 0.2) is 6.10 Å². The number of carbonyl (C=O) groups excluding carboxylic acids is 2. The van der Waals surface area contributed by atoms with Gasteiger partial charge in [0.25, 0.3) is 5.91 Å². The first-order chi connectivity index (χ1) is 13.4. The molecule has 148 valence electrons. The van der Waals surface area contributed by atoms with Gasteiger partial charge in [0.1, 0.15) is 23.8 Å². The minimum Gasteiger partial charge on any atom is -0.497 e. The van der Waals surface area contributed by atoms with Crippen LogP contribution in [0.15, 0.2) is 42.5 Å². The second-order valence-corrected chi connectivity index (χ2v) is 6.55. The van der Waals surface area contributed by atoms with Crippen LogP contribution in [0.5, 0.6) is 17.2 Å². The van der Waals surface area contributed by atoms with Gasteiger partial charge in [-0.25, -0.2) is 0 Å². The minimum atomic E-state index is -0.640. The number of nitrogens with one attached hydrogen (secondary N) is 1. The van der Waals surface area contributed by atoms with E-state index in [1.165, 1.54) is 4.90 Å². The van der Waals surface area contributed by atoms with Crippen LogP contribution < -0.4 is 24.4 Å². The summed E-state index contributed by atoms with van der Waals surface area (Å²) >= 11 is 0. The molecule has 0 saturated carbocycles. The van der Waals surface area contributed by atoms with Crippen LogP contribution in [-0.4, -0.2) is 38.7 Å². The molecular weight excluding hydrogens is 360 g/mol. The molecule has 0 aliphatic carbocycles. The van der Waals surface area contributed by atoms with Gasteiger partial charge in [-0.2, -0.15) is 0 Å². The van der Waals surface area contributed by atoms with Crippen molar-refractivity contribution in [2.24, 2.45) is 0 Å². The summed E-state index contributed by atoms with van der Waals surface area (Å²) in [4.78, 5) is 26.7. The minimum absolute atomic E-state index is 0.0971. The highest BCUT2D eigenvalue weighted by molar-refractivity contribution is 6.03. The molecule has 2 unspecified atom stereocenters. The summed E-state index contributed by atoms with van der Waals surface area (Å²) in [6.07, 6.45) is -0.640. The Balaban J connectivity index is 1.76. The molecule has 1 aliphatic rings. The molecule has 3 rings (SSSR count). The van der Waals surface area contributed by atoms with Gasteiger partial charge in [0.2, 0.25) is 5.91 Å². The van der Waals surface area contributed by atoms with Crippen LogP contribution in [0.2, 0.25) is 0 Å². The fourth-order valence-electron chi connectivity index (χ4n) is 3.21. The van der Waals surface area contributed by atoms with E-state index in [4.69, 9.17) is 14.2 Å². The molecule has 2 aromatic rings. The highest BCUT2D eigenvalue weighted by Crippen LogP contribution is 2.33. The van der Waals surface area contributed by atoms with E-state index in [-0.39, 0.29) is 24.4 Å².